The Kier molecular flexibility index (Phi) is 5.57. The number of rotatable bonds is 3. The average molecular weight is 437 g/mol. The molecular weight excluding hydrogens is 414 g/mol. The van der Waals surface area contributed by atoms with Gasteiger partial charge in [0, 0.05) is 23.6 Å². The molecule has 6 heteroatoms. The van der Waals surface area contributed by atoms with Crippen molar-refractivity contribution in [1.29, 1.82) is 5.26 Å². The number of carbonyl (C=O) groups is 2. The number of Topliss-reactive ketones (excluding diaryl/α,β-unsaturated/α-hetero) is 1. The number of ketones is 1. The zero-order chi connectivity index (χ0) is 23.8. The van der Waals surface area contributed by atoms with Crippen LogP contribution in [0.25, 0.3) is 5.76 Å². The number of anilines is 1. The number of aromatic nitrogens is 1. The van der Waals surface area contributed by atoms with E-state index in [2.05, 4.69) is 31.8 Å². The summed E-state index contributed by atoms with van der Waals surface area (Å²) in [6, 6.07) is 18.6. The predicted octanol–water partition coefficient (Wildman–Crippen LogP) is 4.88. The van der Waals surface area contributed by atoms with Crippen LogP contribution >= 0.6 is 0 Å². The summed E-state index contributed by atoms with van der Waals surface area (Å²) in [6.45, 7) is 6.32. The number of aliphatic hydroxyl groups excluding tert-OH is 1. The Bertz CT molecular complexity index is 1280. The molecule has 3 aromatic rings. The number of hydrogen-bond acceptors (Lipinski definition) is 5. The molecule has 0 saturated carbocycles. The van der Waals surface area contributed by atoms with Crippen molar-refractivity contribution in [2.75, 3.05) is 4.90 Å². The highest BCUT2D eigenvalue weighted by Gasteiger charge is 2.47. The summed E-state index contributed by atoms with van der Waals surface area (Å²) >= 11 is 0. The predicted molar refractivity (Wildman–Crippen MR) is 125 cm³/mol. The fraction of sp³-hybridized carbons (Fsp3) is 0.185. The van der Waals surface area contributed by atoms with Crippen LogP contribution < -0.4 is 4.90 Å². The molecular formula is C27H23N3O3. The normalized spacial score (nSPS) is 17.8. The first-order chi connectivity index (χ1) is 15.7. The maximum atomic E-state index is 13.2. The highest BCUT2D eigenvalue weighted by atomic mass is 16.3. The Hall–Kier alpha value is -4.24. The smallest absolute Gasteiger partial charge is 0.300 e. The number of nitriles is 1. The van der Waals surface area contributed by atoms with Crippen molar-refractivity contribution in [2.24, 2.45) is 0 Å². The van der Waals surface area contributed by atoms with Gasteiger partial charge in [-0.25, -0.2) is 0 Å². The number of amides is 1. The molecule has 2 heterocycles. The molecule has 1 fully saturated rings. The van der Waals surface area contributed by atoms with E-state index in [0.29, 0.717) is 22.4 Å². The Morgan fingerprint density at radius 3 is 2.12 bits per heavy atom. The number of pyridine rings is 1. The highest BCUT2D eigenvalue weighted by Crippen LogP contribution is 2.42. The largest absolute Gasteiger partial charge is 0.507 e. The van der Waals surface area contributed by atoms with Gasteiger partial charge in [0.1, 0.15) is 5.76 Å². The Balaban J connectivity index is 1.91. The molecule has 1 atom stereocenters. The molecule has 1 aromatic heterocycles. The fourth-order valence-corrected chi connectivity index (χ4v) is 3.94. The summed E-state index contributed by atoms with van der Waals surface area (Å²) in [5.74, 6) is -1.75. The summed E-state index contributed by atoms with van der Waals surface area (Å²) < 4.78 is 0. The Labute approximate surface area is 192 Å². The molecule has 1 unspecified atom stereocenters. The molecule has 0 aliphatic carbocycles. The lowest BCUT2D eigenvalue weighted by molar-refractivity contribution is -0.132. The quantitative estimate of drug-likeness (QED) is 0.358. The van der Waals surface area contributed by atoms with Crippen LogP contribution in [0.1, 0.15) is 49.1 Å². The van der Waals surface area contributed by atoms with Gasteiger partial charge in [-0.3, -0.25) is 19.5 Å². The van der Waals surface area contributed by atoms with Crippen molar-refractivity contribution in [1.82, 2.24) is 4.98 Å². The summed E-state index contributed by atoms with van der Waals surface area (Å²) in [7, 11) is 0. The third-order valence-corrected chi connectivity index (χ3v) is 5.77. The van der Waals surface area contributed by atoms with Crippen molar-refractivity contribution >= 4 is 23.1 Å². The molecule has 0 bridgehead atoms. The van der Waals surface area contributed by atoms with E-state index >= 15 is 0 Å². The summed E-state index contributed by atoms with van der Waals surface area (Å²) in [5, 5.41) is 20.2. The third kappa shape index (κ3) is 4.01. The van der Waals surface area contributed by atoms with E-state index in [4.69, 9.17) is 5.26 Å². The first kappa shape index (κ1) is 22.0. The minimum absolute atomic E-state index is 0.0130. The minimum atomic E-state index is -0.819. The Morgan fingerprint density at radius 1 is 0.970 bits per heavy atom. The van der Waals surface area contributed by atoms with E-state index in [9.17, 15) is 14.7 Å². The van der Waals surface area contributed by atoms with E-state index in [1.54, 1.807) is 36.4 Å². The molecule has 4 rings (SSSR count). The van der Waals surface area contributed by atoms with E-state index in [-0.39, 0.29) is 16.7 Å². The van der Waals surface area contributed by atoms with Crippen LogP contribution in [0.2, 0.25) is 0 Å². The molecule has 1 amide bonds. The van der Waals surface area contributed by atoms with Gasteiger partial charge in [-0.05, 0) is 52.9 Å². The third-order valence-electron chi connectivity index (χ3n) is 5.77. The molecule has 2 aromatic carbocycles. The van der Waals surface area contributed by atoms with Gasteiger partial charge in [-0.15, -0.1) is 0 Å². The van der Waals surface area contributed by atoms with Gasteiger partial charge in [-0.1, -0.05) is 45.0 Å². The lowest BCUT2D eigenvalue weighted by Crippen LogP contribution is -2.29. The van der Waals surface area contributed by atoms with Gasteiger partial charge in [-0.2, -0.15) is 5.26 Å². The number of benzene rings is 2. The highest BCUT2D eigenvalue weighted by molar-refractivity contribution is 6.51. The number of carbonyl (C=O) groups excluding carboxylic acids is 2. The van der Waals surface area contributed by atoms with Crippen molar-refractivity contribution < 1.29 is 14.7 Å². The van der Waals surface area contributed by atoms with Gasteiger partial charge in [0.2, 0.25) is 0 Å². The van der Waals surface area contributed by atoms with Crippen LogP contribution in [0, 0.1) is 11.3 Å². The molecule has 164 valence electrons. The maximum absolute atomic E-state index is 13.2. The first-order valence-corrected chi connectivity index (χ1v) is 10.5. The molecule has 1 aliphatic rings. The molecule has 1 saturated heterocycles. The second-order valence-electron chi connectivity index (χ2n) is 8.94. The van der Waals surface area contributed by atoms with Crippen LogP contribution in [0.15, 0.2) is 78.6 Å². The van der Waals surface area contributed by atoms with E-state index < -0.39 is 17.7 Å². The van der Waals surface area contributed by atoms with Crippen LogP contribution in [-0.2, 0) is 15.0 Å². The molecule has 0 spiro atoms. The van der Waals surface area contributed by atoms with Crippen LogP contribution in [0.3, 0.4) is 0 Å². The van der Waals surface area contributed by atoms with Gasteiger partial charge in [0.15, 0.2) is 0 Å². The number of hydrogen-bond donors (Lipinski definition) is 1. The second kappa shape index (κ2) is 8.36. The molecule has 1 aliphatic heterocycles. The van der Waals surface area contributed by atoms with Crippen molar-refractivity contribution in [3.8, 4) is 6.07 Å². The van der Waals surface area contributed by atoms with Gasteiger partial charge in [0.25, 0.3) is 11.7 Å². The molecule has 0 radical (unpaired) electrons. The van der Waals surface area contributed by atoms with Crippen LogP contribution in [-0.4, -0.2) is 21.8 Å². The first-order valence-electron chi connectivity index (χ1n) is 10.5. The zero-order valence-electron chi connectivity index (χ0n) is 18.6. The summed E-state index contributed by atoms with van der Waals surface area (Å²) in [6.07, 6.45) is 3.03. The van der Waals surface area contributed by atoms with E-state index in [1.807, 2.05) is 24.3 Å². The number of aliphatic hydroxyl groups is 1. The summed E-state index contributed by atoms with van der Waals surface area (Å²) in [5.41, 5.74) is 3.06. The Morgan fingerprint density at radius 2 is 1.58 bits per heavy atom. The standard InChI is InChI=1S/C27H23N3O3/c1-27(2,3)20-8-6-18(7-9-20)23-22(24(31)19-12-14-29-15-13-19)25(32)26(33)30(23)21-10-4-17(16-28)5-11-21/h4-15,23,31H,1-3H3/b24-22-. The van der Waals surface area contributed by atoms with Crippen LogP contribution in [0.5, 0.6) is 0 Å². The molecule has 1 N–H and O–H groups in total. The lowest BCUT2D eigenvalue weighted by atomic mass is 9.85. The average Bonchev–Trinajstić information content (AvgIpc) is 3.09. The maximum Gasteiger partial charge on any atom is 0.300 e. The zero-order valence-corrected chi connectivity index (χ0v) is 18.6. The fourth-order valence-electron chi connectivity index (χ4n) is 3.94. The van der Waals surface area contributed by atoms with Gasteiger partial charge < -0.3 is 5.11 Å². The van der Waals surface area contributed by atoms with E-state index in [0.717, 1.165) is 5.56 Å². The monoisotopic (exact) mass is 437 g/mol. The number of nitrogens with zero attached hydrogens (tertiary/aromatic N) is 3. The van der Waals surface area contributed by atoms with Crippen molar-refractivity contribution in [3.05, 3.63) is 101 Å². The topological polar surface area (TPSA) is 94.3 Å². The summed E-state index contributed by atoms with van der Waals surface area (Å²) in [4.78, 5) is 31.7. The van der Waals surface area contributed by atoms with Gasteiger partial charge in [0.05, 0.1) is 23.2 Å². The van der Waals surface area contributed by atoms with E-state index in [1.165, 1.54) is 17.3 Å². The second-order valence-corrected chi connectivity index (χ2v) is 8.94. The molecule has 6 nitrogen and oxygen atoms in total. The molecule has 33 heavy (non-hydrogen) atoms. The van der Waals surface area contributed by atoms with Crippen molar-refractivity contribution in [2.45, 2.75) is 32.2 Å². The van der Waals surface area contributed by atoms with Crippen molar-refractivity contribution in [3.63, 3.8) is 0 Å². The van der Waals surface area contributed by atoms with Crippen LogP contribution in [0.4, 0.5) is 5.69 Å². The lowest BCUT2D eigenvalue weighted by Gasteiger charge is -2.26. The van der Waals surface area contributed by atoms with Gasteiger partial charge >= 0.3 is 0 Å². The SMILES string of the molecule is CC(C)(C)c1ccc(C2/C(=C(/O)c3ccncc3)C(=O)C(=O)N2c2ccc(C#N)cc2)cc1. The minimum Gasteiger partial charge on any atom is -0.507 e.